The second-order valence-electron chi connectivity index (χ2n) is 1.74. The minimum Gasteiger partial charge on any atom is -0.181 e. The van der Waals surface area contributed by atoms with Gasteiger partial charge in [0, 0.05) is 4.88 Å². The Bertz CT molecular complexity index is 244. The average Bonchev–Trinajstić information content (AvgIpc) is 2.10. The molecule has 0 spiro atoms. The van der Waals surface area contributed by atoms with Crippen LogP contribution in [-0.4, -0.2) is 10.5 Å². The van der Waals surface area contributed by atoms with E-state index in [9.17, 15) is 13.2 Å². The molecule has 1 radical (unpaired) electrons. The monoisotopic (exact) mass is 200 g/mol. The Hall–Kier alpha value is -0.290. The van der Waals surface area contributed by atoms with Crippen molar-refractivity contribution in [3.05, 3.63) is 22.5 Å². The molecular formula is C5H2ClF3NS. The van der Waals surface area contributed by atoms with Crippen molar-refractivity contribution in [2.45, 2.75) is 6.18 Å². The van der Waals surface area contributed by atoms with Gasteiger partial charge in [-0.05, 0) is 17.6 Å². The van der Waals surface area contributed by atoms with Crippen LogP contribution in [0.25, 0.3) is 0 Å². The molecule has 0 aromatic carbocycles. The molecule has 61 valence electrons. The minimum absolute atomic E-state index is 0.0162. The molecule has 6 heteroatoms. The topological polar surface area (TPSA) is 12.9 Å². The lowest BCUT2D eigenvalue weighted by atomic mass is 10.3. The molecule has 0 aliphatic heterocycles. The zero-order valence-electron chi connectivity index (χ0n) is 5.02. The van der Waals surface area contributed by atoms with Crippen LogP contribution in [0.3, 0.4) is 0 Å². The highest BCUT2D eigenvalue weighted by Gasteiger charge is 2.29. The highest BCUT2D eigenvalue weighted by Crippen LogP contribution is 2.27. The van der Waals surface area contributed by atoms with Crippen LogP contribution < -0.4 is 0 Å². The minimum atomic E-state index is -4.30. The van der Waals surface area contributed by atoms with Gasteiger partial charge in [0.1, 0.15) is 11.6 Å². The standard InChI is InChI=1S/C5H2ClF3NS/c6-4-1-3(11-10-4)2-5(7,8)9/h1-2H. The van der Waals surface area contributed by atoms with Gasteiger partial charge in [-0.1, -0.05) is 11.6 Å². The first-order chi connectivity index (χ1) is 4.97. The first kappa shape index (κ1) is 8.80. The highest BCUT2D eigenvalue weighted by atomic mass is 35.5. The molecule has 0 bridgehead atoms. The predicted molar refractivity (Wildman–Crippen MR) is 36.6 cm³/mol. The van der Waals surface area contributed by atoms with Gasteiger partial charge in [0.2, 0.25) is 0 Å². The van der Waals surface area contributed by atoms with E-state index >= 15 is 0 Å². The Balaban J connectivity index is 2.65. The summed E-state index contributed by atoms with van der Waals surface area (Å²) in [5, 5.41) is 0.0884. The first-order valence-corrected chi connectivity index (χ1v) is 3.67. The van der Waals surface area contributed by atoms with Crippen molar-refractivity contribution >= 4 is 23.1 Å². The lowest BCUT2D eigenvalue weighted by Gasteiger charge is -2.00. The molecule has 0 fully saturated rings. The predicted octanol–water partition coefficient (Wildman–Crippen LogP) is 2.91. The number of hydrogen-bond donors (Lipinski definition) is 0. The number of alkyl halides is 3. The summed E-state index contributed by atoms with van der Waals surface area (Å²) in [6, 6.07) is 1.17. The van der Waals surface area contributed by atoms with Crippen LogP contribution in [0.4, 0.5) is 13.2 Å². The van der Waals surface area contributed by atoms with E-state index in [2.05, 4.69) is 4.37 Å². The van der Waals surface area contributed by atoms with Gasteiger partial charge in [-0.3, -0.25) is 0 Å². The maximum atomic E-state index is 11.6. The van der Waals surface area contributed by atoms with Crippen LogP contribution in [0.5, 0.6) is 0 Å². The second-order valence-corrected chi connectivity index (χ2v) is 2.96. The summed E-state index contributed by atoms with van der Waals surface area (Å²) in [6.45, 7) is 0. The molecular weight excluding hydrogens is 199 g/mol. The molecule has 1 aromatic rings. The molecule has 0 N–H and O–H groups in total. The number of aromatic nitrogens is 1. The lowest BCUT2D eigenvalue weighted by molar-refractivity contribution is -0.0924. The molecule has 0 saturated heterocycles. The summed E-state index contributed by atoms with van der Waals surface area (Å²) in [4.78, 5) is 0.0162. The summed E-state index contributed by atoms with van der Waals surface area (Å²) in [7, 11) is 0. The van der Waals surface area contributed by atoms with Crippen molar-refractivity contribution in [3.63, 3.8) is 0 Å². The van der Waals surface area contributed by atoms with E-state index in [0.29, 0.717) is 0 Å². The van der Waals surface area contributed by atoms with E-state index in [1.807, 2.05) is 0 Å². The van der Waals surface area contributed by atoms with Crippen LogP contribution in [0.2, 0.25) is 5.15 Å². The molecule has 1 rings (SSSR count). The summed E-state index contributed by atoms with van der Waals surface area (Å²) in [5.74, 6) is 0. The van der Waals surface area contributed by atoms with Crippen molar-refractivity contribution in [3.8, 4) is 0 Å². The Labute approximate surface area is 70.0 Å². The van der Waals surface area contributed by atoms with Crippen molar-refractivity contribution in [2.24, 2.45) is 0 Å². The summed E-state index contributed by atoms with van der Waals surface area (Å²) < 4.78 is 38.4. The molecule has 0 atom stereocenters. The van der Waals surface area contributed by atoms with E-state index in [4.69, 9.17) is 11.6 Å². The molecule has 1 heterocycles. The van der Waals surface area contributed by atoms with Crippen molar-refractivity contribution in [1.29, 1.82) is 0 Å². The third kappa shape index (κ3) is 3.07. The number of rotatable bonds is 1. The van der Waals surface area contributed by atoms with Crippen molar-refractivity contribution in [1.82, 2.24) is 4.37 Å². The van der Waals surface area contributed by atoms with Crippen LogP contribution in [0.15, 0.2) is 6.07 Å². The summed E-state index contributed by atoms with van der Waals surface area (Å²) in [6.07, 6.45) is -4.13. The zero-order chi connectivity index (χ0) is 8.48. The fourth-order valence-corrected chi connectivity index (χ4v) is 1.38. The fourth-order valence-electron chi connectivity index (χ4n) is 0.496. The lowest BCUT2D eigenvalue weighted by Crippen LogP contribution is -2.07. The van der Waals surface area contributed by atoms with Crippen molar-refractivity contribution in [2.75, 3.05) is 0 Å². The summed E-state index contributed by atoms with van der Waals surface area (Å²) >= 11 is 6.02. The third-order valence-corrected chi connectivity index (χ3v) is 1.83. The van der Waals surface area contributed by atoms with E-state index in [-0.39, 0.29) is 16.5 Å². The maximum Gasteiger partial charge on any atom is 0.397 e. The molecule has 11 heavy (non-hydrogen) atoms. The quantitative estimate of drug-likeness (QED) is 0.679. The molecule has 0 unspecified atom stereocenters. The molecule has 0 amide bonds. The maximum absolute atomic E-state index is 11.6. The van der Waals surface area contributed by atoms with Crippen molar-refractivity contribution < 1.29 is 13.2 Å². The molecule has 0 aliphatic rings. The van der Waals surface area contributed by atoms with Gasteiger partial charge in [-0.25, -0.2) is 0 Å². The first-order valence-electron chi connectivity index (χ1n) is 2.52. The van der Waals surface area contributed by atoms with Gasteiger partial charge >= 0.3 is 6.18 Å². The normalized spacial score (nSPS) is 12.0. The Kier molecular flexibility index (Phi) is 2.39. The third-order valence-electron chi connectivity index (χ3n) is 0.806. The number of halogens is 4. The smallest absolute Gasteiger partial charge is 0.181 e. The average molecular weight is 201 g/mol. The zero-order valence-corrected chi connectivity index (χ0v) is 6.59. The molecule has 0 aliphatic carbocycles. The SMILES string of the molecule is FC(F)(F)[CH]c1cc(Cl)ns1. The van der Waals surface area contributed by atoms with Gasteiger partial charge < -0.3 is 0 Å². The van der Waals surface area contributed by atoms with Gasteiger partial charge in [-0.15, -0.1) is 0 Å². The van der Waals surface area contributed by atoms with E-state index in [0.717, 1.165) is 11.5 Å². The second kappa shape index (κ2) is 2.98. The van der Waals surface area contributed by atoms with E-state index in [1.54, 1.807) is 0 Å². The Morgan fingerprint density at radius 1 is 1.55 bits per heavy atom. The van der Waals surface area contributed by atoms with Crippen LogP contribution in [-0.2, 0) is 0 Å². The van der Waals surface area contributed by atoms with Gasteiger partial charge in [-0.2, -0.15) is 17.5 Å². The number of nitrogens with zero attached hydrogens (tertiary/aromatic N) is 1. The molecule has 1 aromatic heterocycles. The molecule has 1 nitrogen and oxygen atoms in total. The van der Waals surface area contributed by atoms with Crippen LogP contribution in [0.1, 0.15) is 4.88 Å². The van der Waals surface area contributed by atoms with Gasteiger partial charge in [0.25, 0.3) is 0 Å². The summed E-state index contributed by atoms with van der Waals surface area (Å²) in [5.41, 5.74) is 0. The number of hydrogen-bond acceptors (Lipinski definition) is 2. The highest BCUT2D eigenvalue weighted by molar-refractivity contribution is 7.06. The van der Waals surface area contributed by atoms with Crippen LogP contribution >= 0.6 is 23.1 Å². The largest absolute Gasteiger partial charge is 0.397 e. The van der Waals surface area contributed by atoms with E-state index in [1.165, 1.54) is 6.07 Å². The fraction of sp³-hybridized carbons (Fsp3) is 0.200. The Morgan fingerprint density at radius 3 is 2.55 bits per heavy atom. The molecule has 0 saturated carbocycles. The Morgan fingerprint density at radius 2 is 2.18 bits per heavy atom. The van der Waals surface area contributed by atoms with Gasteiger partial charge in [0.15, 0.2) is 0 Å². The van der Waals surface area contributed by atoms with Gasteiger partial charge in [0.05, 0.1) is 0 Å². The van der Waals surface area contributed by atoms with Crippen LogP contribution in [0, 0.1) is 6.42 Å². The van der Waals surface area contributed by atoms with E-state index < -0.39 is 6.18 Å².